The molecule has 172 valence electrons. The highest BCUT2D eigenvalue weighted by Gasteiger charge is 2.35. The highest BCUT2D eigenvalue weighted by Crippen LogP contribution is 2.30. The monoisotopic (exact) mass is 466 g/mol. The molecule has 1 saturated carbocycles. The first-order chi connectivity index (χ1) is 16.1. The Morgan fingerprint density at radius 2 is 1.82 bits per heavy atom. The second-order valence-corrected chi connectivity index (χ2v) is 8.57. The quantitative estimate of drug-likeness (QED) is 0.483. The number of hydrogen-bond donors (Lipinski definition) is 1. The molecule has 0 unspecified atom stereocenters. The number of amides is 2. The minimum atomic E-state index is -0.870. The Labute approximate surface area is 198 Å². The van der Waals surface area contributed by atoms with Crippen molar-refractivity contribution < 1.29 is 18.7 Å². The molecule has 4 rings (SSSR count). The van der Waals surface area contributed by atoms with E-state index in [1.165, 1.54) is 11.2 Å². The van der Waals surface area contributed by atoms with Crippen LogP contribution in [-0.2, 0) is 11.3 Å². The molecule has 1 fully saturated rings. The lowest BCUT2D eigenvalue weighted by Crippen LogP contribution is -2.45. The lowest BCUT2D eigenvalue weighted by molar-refractivity contribution is -0.126. The van der Waals surface area contributed by atoms with E-state index in [9.17, 15) is 9.59 Å². The molecule has 1 heterocycles. The van der Waals surface area contributed by atoms with Gasteiger partial charge in [-0.25, -0.2) is 0 Å². The fourth-order valence-corrected chi connectivity index (χ4v) is 4.44. The lowest BCUT2D eigenvalue weighted by Gasteiger charge is -2.32. The van der Waals surface area contributed by atoms with Gasteiger partial charge >= 0.3 is 0 Å². The SMILES string of the molecule is COc1ccc([C@H](C(=O)NC2CCCC2)N(Cc2ccccc2Cl)C(=O)c2ccco2)cc1. The van der Waals surface area contributed by atoms with E-state index in [1.54, 1.807) is 37.4 Å². The molecule has 0 spiro atoms. The Balaban J connectivity index is 1.75. The Morgan fingerprint density at radius 1 is 1.09 bits per heavy atom. The molecule has 33 heavy (non-hydrogen) atoms. The molecule has 3 aromatic rings. The zero-order valence-corrected chi connectivity index (χ0v) is 19.3. The standard InChI is InChI=1S/C26H27ClN2O4/c1-32-21-14-12-18(13-15-21)24(25(30)28-20-8-3-4-9-20)29(26(31)23-11-6-16-33-23)17-19-7-2-5-10-22(19)27/h2,5-7,10-16,20,24H,3-4,8-9,17H2,1H3,(H,28,30)/t24-/m1/s1. The number of carbonyl (C=O) groups excluding carboxylic acids is 2. The van der Waals surface area contributed by atoms with Gasteiger partial charge in [0.2, 0.25) is 5.91 Å². The number of ether oxygens (including phenoxy) is 1. The molecular weight excluding hydrogens is 440 g/mol. The molecule has 1 aliphatic rings. The average molecular weight is 467 g/mol. The lowest BCUT2D eigenvalue weighted by atomic mass is 10.0. The largest absolute Gasteiger partial charge is 0.497 e. The maximum atomic E-state index is 13.6. The fraction of sp³-hybridized carbons (Fsp3) is 0.308. The highest BCUT2D eigenvalue weighted by molar-refractivity contribution is 6.31. The highest BCUT2D eigenvalue weighted by atomic mass is 35.5. The van der Waals surface area contributed by atoms with Crippen molar-refractivity contribution in [3.05, 3.63) is 88.8 Å². The van der Waals surface area contributed by atoms with Crippen LogP contribution in [0.25, 0.3) is 0 Å². The maximum Gasteiger partial charge on any atom is 0.290 e. The van der Waals surface area contributed by atoms with E-state index in [-0.39, 0.29) is 30.2 Å². The van der Waals surface area contributed by atoms with E-state index in [0.717, 1.165) is 31.2 Å². The molecule has 1 aromatic heterocycles. The predicted octanol–water partition coefficient (Wildman–Crippen LogP) is 5.38. The molecule has 2 aromatic carbocycles. The second-order valence-electron chi connectivity index (χ2n) is 8.17. The van der Waals surface area contributed by atoms with E-state index in [4.69, 9.17) is 20.8 Å². The van der Waals surface area contributed by atoms with E-state index >= 15 is 0 Å². The van der Waals surface area contributed by atoms with Crippen molar-refractivity contribution in [1.82, 2.24) is 10.2 Å². The normalized spacial score (nSPS) is 14.6. The van der Waals surface area contributed by atoms with Crippen LogP contribution in [-0.4, -0.2) is 29.9 Å². The summed E-state index contributed by atoms with van der Waals surface area (Å²) in [6, 6.07) is 17.0. The van der Waals surface area contributed by atoms with Crippen LogP contribution in [0.1, 0.15) is 53.4 Å². The molecule has 1 atom stereocenters. The van der Waals surface area contributed by atoms with Gasteiger partial charge < -0.3 is 19.4 Å². The molecule has 6 nitrogen and oxygen atoms in total. The van der Waals surface area contributed by atoms with Crippen molar-refractivity contribution in [3.8, 4) is 5.75 Å². The third-order valence-electron chi connectivity index (χ3n) is 5.98. The summed E-state index contributed by atoms with van der Waals surface area (Å²) in [6.07, 6.45) is 5.51. The Bertz CT molecular complexity index is 1080. The van der Waals surface area contributed by atoms with Crippen LogP contribution in [0, 0.1) is 0 Å². The number of benzene rings is 2. The number of furan rings is 1. The first-order valence-corrected chi connectivity index (χ1v) is 11.5. The first kappa shape index (κ1) is 22.9. The molecule has 0 aliphatic heterocycles. The number of methoxy groups -OCH3 is 1. The van der Waals surface area contributed by atoms with Crippen LogP contribution in [0.15, 0.2) is 71.3 Å². The number of halogens is 1. The summed E-state index contributed by atoms with van der Waals surface area (Å²) in [5.41, 5.74) is 1.42. The first-order valence-electron chi connectivity index (χ1n) is 11.1. The number of nitrogens with one attached hydrogen (secondary N) is 1. The Hall–Kier alpha value is -3.25. The molecule has 1 N–H and O–H groups in total. The Morgan fingerprint density at radius 3 is 2.45 bits per heavy atom. The third-order valence-corrected chi connectivity index (χ3v) is 6.35. The van der Waals surface area contributed by atoms with Crippen molar-refractivity contribution in [3.63, 3.8) is 0 Å². The smallest absolute Gasteiger partial charge is 0.290 e. The topological polar surface area (TPSA) is 71.8 Å². The van der Waals surface area contributed by atoms with Gasteiger partial charge in [-0.05, 0) is 54.3 Å². The fourth-order valence-electron chi connectivity index (χ4n) is 4.24. The molecule has 0 saturated heterocycles. The van der Waals surface area contributed by atoms with Gasteiger partial charge in [0.25, 0.3) is 5.91 Å². The van der Waals surface area contributed by atoms with Crippen LogP contribution in [0.5, 0.6) is 5.75 Å². The maximum absolute atomic E-state index is 13.6. The Kier molecular flexibility index (Phi) is 7.35. The molecule has 0 radical (unpaired) electrons. The van der Waals surface area contributed by atoms with Gasteiger partial charge in [0.15, 0.2) is 5.76 Å². The second kappa shape index (κ2) is 10.6. The zero-order valence-electron chi connectivity index (χ0n) is 18.5. The summed E-state index contributed by atoms with van der Waals surface area (Å²) in [4.78, 5) is 28.8. The van der Waals surface area contributed by atoms with E-state index in [1.807, 2.05) is 30.3 Å². The van der Waals surface area contributed by atoms with Gasteiger partial charge in [0, 0.05) is 17.6 Å². The van der Waals surface area contributed by atoms with Gasteiger partial charge in [0.05, 0.1) is 13.4 Å². The van der Waals surface area contributed by atoms with Gasteiger partial charge in [0.1, 0.15) is 11.8 Å². The number of hydrogen-bond acceptors (Lipinski definition) is 4. The minimum absolute atomic E-state index is 0.110. The van der Waals surface area contributed by atoms with E-state index in [2.05, 4.69) is 5.32 Å². The van der Waals surface area contributed by atoms with Crippen molar-refractivity contribution >= 4 is 23.4 Å². The van der Waals surface area contributed by atoms with Crippen LogP contribution in [0.4, 0.5) is 0 Å². The van der Waals surface area contributed by atoms with Crippen LogP contribution < -0.4 is 10.1 Å². The van der Waals surface area contributed by atoms with Gasteiger partial charge in [-0.2, -0.15) is 0 Å². The van der Waals surface area contributed by atoms with E-state index in [0.29, 0.717) is 16.3 Å². The van der Waals surface area contributed by atoms with Crippen LogP contribution in [0.3, 0.4) is 0 Å². The summed E-state index contributed by atoms with van der Waals surface area (Å²) in [7, 11) is 1.59. The third kappa shape index (κ3) is 5.40. The molecule has 0 bridgehead atoms. The number of nitrogens with zero attached hydrogens (tertiary/aromatic N) is 1. The number of rotatable bonds is 8. The summed E-state index contributed by atoms with van der Waals surface area (Å²) >= 11 is 6.43. The van der Waals surface area contributed by atoms with E-state index < -0.39 is 6.04 Å². The summed E-state index contributed by atoms with van der Waals surface area (Å²) in [6.45, 7) is 0.147. The van der Waals surface area contributed by atoms with Gasteiger partial charge in [-0.15, -0.1) is 0 Å². The molecule has 2 amide bonds. The molecule has 7 heteroatoms. The average Bonchev–Trinajstić information content (AvgIpc) is 3.54. The molecular formula is C26H27ClN2O4. The predicted molar refractivity (Wildman–Crippen MR) is 126 cm³/mol. The van der Waals surface area contributed by atoms with Crippen molar-refractivity contribution in [1.29, 1.82) is 0 Å². The minimum Gasteiger partial charge on any atom is -0.497 e. The van der Waals surface area contributed by atoms with Crippen molar-refractivity contribution in [2.45, 2.75) is 44.3 Å². The van der Waals surface area contributed by atoms with Crippen molar-refractivity contribution in [2.24, 2.45) is 0 Å². The molecule has 1 aliphatic carbocycles. The summed E-state index contributed by atoms with van der Waals surface area (Å²) in [5, 5.41) is 3.69. The van der Waals surface area contributed by atoms with Crippen LogP contribution >= 0.6 is 11.6 Å². The van der Waals surface area contributed by atoms with Gasteiger partial charge in [-0.1, -0.05) is 54.8 Å². The summed E-state index contributed by atoms with van der Waals surface area (Å²) < 4.78 is 10.7. The van der Waals surface area contributed by atoms with Gasteiger partial charge in [-0.3, -0.25) is 9.59 Å². The number of carbonyl (C=O) groups is 2. The van der Waals surface area contributed by atoms with Crippen LogP contribution in [0.2, 0.25) is 5.02 Å². The zero-order chi connectivity index (χ0) is 23.2. The summed E-state index contributed by atoms with van der Waals surface area (Å²) in [5.74, 6) is 0.222. The van der Waals surface area contributed by atoms with Crippen molar-refractivity contribution in [2.75, 3.05) is 7.11 Å².